The molecular weight excluding hydrogens is 1320 g/mol. The van der Waals surface area contributed by atoms with Crippen LogP contribution in [0.5, 0.6) is 0 Å². The third kappa shape index (κ3) is 76.1. The standard InChI is InChI=1S/C82H160O17P2/c1-8-9-10-11-12-13-14-15-16-19-23-26-31-36-41-49-56-63-79(84)92-69-77(98-81(86)65-58-51-42-37-32-27-24-21-18-17-20-22-25-29-34-39-46-53-60-73(2)3)71-96-100(88,89)94-67-76(83)68-95-101(90,91)97-72-78(70-93-80(85)64-57-50-45-44-48-55-62-75(6)7)99-82(87)66-59-52-43-38-33-28-30-35-40-47-54-61-74(4)5/h73-78,83H,8-72H2,1-7H3,(H,88,89)(H,90,91)/t76-,77-,78-/m1/s1. The Morgan fingerprint density at radius 3 is 0.673 bits per heavy atom. The molecule has 0 amide bonds. The van der Waals surface area contributed by atoms with Crippen molar-refractivity contribution < 1.29 is 80.2 Å². The maximum Gasteiger partial charge on any atom is 0.472 e. The lowest BCUT2D eigenvalue weighted by Gasteiger charge is -2.21. The van der Waals surface area contributed by atoms with Crippen molar-refractivity contribution in [2.45, 2.75) is 446 Å². The van der Waals surface area contributed by atoms with Crippen LogP contribution in [0.15, 0.2) is 0 Å². The number of rotatable bonds is 80. The Balaban J connectivity index is 5.21. The number of ether oxygens (including phenoxy) is 4. The van der Waals surface area contributed by atoms with E-state index in [1.165, 1.54) is 231 Å². The summed E-state index contributed by atoms with van der Waals surface area (Å²) in [5.41, 5.74) is 0. The van der Waals surface area contributed by atoms with E-state index in [0.717, 1.165) is 108 Å². The number of unbranched alkanes of at least 4 members (excludes halogenated alkanes) is 48. The molecule has 0 bridgehead atoms. The van der Waals surface area contributed by atoms with E-state index in [0.29, 0.717) is 31.6 Å². The molecule has 0 aromatic rings. The fourth-order valence-electron chi connectivity index (χ4n) is 12.7. The number of phosphoric ester groups is 2. The molecule has 17 nitrogen and oxygen atoms in total. The number of aliphatic hydroxyl groups is 1. The van der Waals surface area contributed by atoms with Crippen LogP contribution in [0, 0.1) is 17.8 Å². The Morgan fingerprint density at radius 1 is 0.267 bits per heavy atom. The Morgan fingerprint density at radius 2 is 0.455 bits per heavy atom. The summed E-state index contributed by atoms with van der Waals surface area (Å²) in [5.74, 6) is 0.153. The number of phosphoric acid groups is 2. The zero-order valence-corrected chi connectivity index (χ0v) is 68.2. The Kier molecular flexibility index (Phi) is 70.9. The minimum absolute atomic E-state index is 0.105. The Bertz CT molecular complexity index is 1960. The predicted octanol–water partition coefficient (Wildman–Crippen LogP) is 24.5. The van der Waals surface area contributed by atoms with E-state index in [1.54, 1.807) is 0 Å². The lowest BCUT2D eigenvalue weighted by atomic mass is 10.0. The van der Waals surface area contributed by atoms with Gasteiger partial charge in [-0.15, -0.1) is 0 Å². The zero-order valence-electron chi connectivity index (χ0n) is 66.4. The molecule has 0 aromatic heterocycles. The topological polar surface area (TPSA) is 237 Å². The van der Waals surface area contributed by atoms with E-state index >= 15 is 0 Å². The van der Waals surface area contributed by atoms with Crippen molar-refractivity contribution in [2.75, 3.05) is 39.6 Å². The lowest BCUT2D eigenvalue weighted by molar-refractivity contribution is -0.161. The molecule has 0 radical (unpaired) electrons. The lowest BCUT2D eigenvalue weighted by Crippen LogP contribution is -2.30. The summed E-state index contributed by atoms with van der Waals surface area (Å²) in [5, 5.41) is 10.6. The van der Waals surface area contributed by atoms with Gasteiger partial charge in [0.25, 0.3) is 0 Å². The molecule has 0 aliphatic carbocycles. The second kappa shape index (κ2) is 72.3. The molecule has 101 heavy (non-hydrogen) atoms. The van der Waals surface area contributed by atoms with Crippen LogP contribution in [0.25, 0.3) is 0 Å². The summed E-state index contributed by atoms with van der Waals surface area (Å²) in [4.78, 5) is 73.0. The van der Waals surface area contributed by atoms with Crippen LogP contribution in [-0.2, 0) is 65.4 Å². The van der Waals surface area contributed by atoms with Gasteiger partial charge in [0.1, 0.15) is 19.3 Å². The van der Waals surface area contributed by atoms with Gasteiger partial charge < -0.3 is 33.8 Å². The molecule has 19 heteroatoms. The van der Waals surface area contributed by atoms with Gasteiger partial charge in [-0.1, -0.05) is 376 Å². The maximum atomic E-state index is 13.1. The highest BCUT2D eigenvalue weighted by molar-refractivity contribution is 7.47. The molecular formula is C82H160O17P2. The van der Waals surface area contributed by atoms with Gasteiger partial charge in [0, 0.05) is 25.7 Å². The third-order valence-electron chi connectivity index (χ3n) is 19.1. The summed E-state index contributed by atoms with van der Waals surface area (Å²) in [7, 11) is -9.92. The van der Waals surface area contributed by atoms with Gasteiger partial charge in [0.05, 0.1) is 26.4 Å². The molecule has 0 spiro atoms. The molecule has 0 aliphatic rings. The van der Waals surface area contributed by atoms with Crippen LogP contribution >= 0.6 is 15.6 Å². The Hall–Kier alpha value is -1.94. The fourth-order valence-corrected chi connectivity index (χ4v) is 14.2. The third-order valence-corrected chi connectivity index (χ3v) is 21.0. The van der Waals surface area contributed by atoms with Crippen molar-refractivity contribution >= 4 is 39.5 Å². The Labute approximate surface area is 619 Å². The normalized spacial score (nSPS) is 14.0. The van der Waals surface area contributed by atoms with Crippen LogP contribution in [0.2, 0.25) is 0 Å². The van der Waals surface area contributed by atoms with E-state index in [1.807, 2.05) is 0 Å². The molecule has 0 heterocycles. The van der Waals surface area contributed by atoms with E-state index < -0.39 is 97.5 Å². The van der Waals surface area contributed by atoms with E-state index in [9.17, 15) is 43.2 Å². The first-order valence-corrected chi connectivity index (χ1v) is 45.3. The number of aliphatic hydroxyl groups excluding tert-OH is 1. The minimum Gasteiger partial charge on any atom is -0.462 e. The molecule has 0 aromatic carbocycles. The van der Waals surface area contributed by atoms with Gasteiger partial charge in [-0.2, -0.15) is 0 Å². The van der Waals surface area contributed by atoms with E-state index in [2.05, 4.69) is 48.5 Å². The van der Waals surface area contributed by atoms with Gasteiger partial charge in [-0.25, -0.2) is 9.13 Å². The van der Waals surface area contributed by atoms with Crippen molar-refractivity contribution in [3.63, 3.8) is 0 Å². The molecule has 5 atom stereocenters. The zero-order chi connectivity index (χ0) is 74.4. The average Bonchev–Trinajstić information content (AvgIpc) is 0.946. The first-order valence-electron chi connectivity index (χ1n) is 42.3. The maximum absolute atomic E-state index is 13.1. The number of carbonyl (C=O) groups excluding carboxylic acids is 4. The summed E-state index contributed by atoms with van der Waals surface area (Å²) in [6.45, 7) is 11.9. The van der Waals surface area contributed by atoms with Gasteiger partial charge in [0.15, 0.2) is 12.2 Å². The first kappa shape index (κ1) is 99.1. The number of hydrogen-bond donors (Lipinski definition) is 3. The average molecular weight is 1480 g/mol. The van der Waals surface area contributed by atoms with Crippen molar-refractivity contribution in [2.24, 2.45) is 17.8 Å². The summed E-state index contributed by atoms with van der Waals surface area (Å²) in [6, 6.07) is 0. The molecule has 0 rings (SSSR count). The van der Waals surface area contributed by atoms with Crippen LogP contribution < -0.4 is 0 Å². The number of esters is 4. The summed E-state index contributed by atoms with van der Waals surface area (Å²) < 4.78 is 68.7. The van der Waals surface area contributed by atoms with E-state index in [-0.39, 0.29) is 25.7 Å². The highest BCUT2D eigenvalue weighted by atomic mass is 31.2. The van der Waals surface area contributed by atoms with Crippen LogP contribution in [0.1, 0.15) is 427 Å². The summed E-state index contributed by atoms with van der Waals surface area (Å²) >= 11 is 0. The fraction of sp³-hybridized carbons (Fsp3) is 0.951. The second-order valence-electron chi connectivity index (χ2n) is 30.9. The molecule has 3 N–H and O–H groups in total. The van der Waals surface area contributed by atoms with Crippen molar-refractivity contribution in [1.82, 2.24) is 0 Å². The highest BCUT2D eigenvalue weighted by Gasteiger charge is 2.30. The predicted molar refractivity (Wildman–Crippen MR) is 414 cm³/mol. The van der Waals surface area contributed by atoms with Crippen molar-refractivity contribution in [1.29, 1.82) is 0 Å². The van der Waals surface area contributed by atoms with Crippen LogP contribution in [0.3, 0.4) is 0 Å². The minimum atomic E-state index is -4.96. The molecule has 600 valence electrons. The SMILES string of the molecule is CCCCCCCCCCCCCCCCCCCC(=O)OC[C@H](COP(=O)(O)OC[C@@H](O)COP(=O)(O)OC[C@@H](COC(=O)CCCCCCCCC(C)C)OC(=O)CCCCCCCCCCCCCC(C)C)OC(=O)CCCCCCCCCCCCCCCCCCCCC(C)C. The number of hydrogen-bond acceptors (Lipinski definition) is 15. The van der Waals surface area contributed by atoms with E-state index in [4.69, 9.17) is 37.0 Å². The smallest absolute Gasteiger partial charge is 0.462 e. The number of carbonyl (C=O) groups is 4. The molecule has 0 saturated carbocycles. The van der Waals surface area contributed by atoms with Crippen LogP contribution in [-0.4, -0.2) is 96.7 Å². The van der Waals surface area contributed by atoms with Gasteiger partial charge >= 0.3 is 39.5 Å². The quantitative estimate of drug-likeness (QED) is 0.0222. The molecule has 0 fully saturated rings. The van der Waals surface area contributed by atoms with Crippen molar-refractivity contribution in [3.8, 4) is 0 Å². The van der Waals surface area contributed by atoms with Gasteiger partial charge in [0.2, 0.25) is 0 Å². The highest BCUT2D eigenvalue weighted by Crippen LogP contribution is 2.45. The molecule has 0 aliphatic heterocycles. The van der Waals surface area contributed by atoms with Crippen molar-refractivity contribution in [3.05, 3.63) is 0 Å². The first-order chi connectivity index (χ1) is 48.7. The molecule has 2 unspecified atom stereocenters. The second-order valence-corrected chi connectivity index (χ2v) is 33.8. The largest absolute Gasteiger partial charge is 0.472 e. The van der Waals surface area contributed by atoms with Crippen LogP contribution in [0.4, 0.5) is 0 Å². The van der Waals surface area contributed by atoms with Gasteiger partial charge in [-0.05, 0) is 43.4 Å². The van der Waals surface area contributed by atoms with Gasteiger partial charge in [-0.3, -0.25) is 37.3 Å². The summed E-state index contributed by atoms with van der Waals surface area (Å²) in [6.07, 6.45) is 61.3. The monoisotopic (exact) mass is 1480 g/mol. The molecule has 0 saturated heterocycles.